The van der Waals surface area contributed by atoms with Crippen molar-refractivity contribution in [1.82, 2.24) is 0 Å². The fraction of sp³-hybridized carbons (Fsp3) is 0.200. The summed E-state index contributed by atoms with van der Waals surface area (Å²) in [6.45, 7) is 3.32. The quantitative estimate of drug-likeness (QED) is 0.589. The van der Waals surface area contributed by atoms with E-state index < -0.39 is 0 Å². The van der Waals surface area contributed by atoms with Gasteiger partial charge in [0.25, 0.3) is 0 Å². The lowest BCUT2D eigenvalue weighted by molar-refractivity contribution is 0.101. The van der Waals surface area contributed by atoms with E-state index in [0.29, 0.717) is 15.6 Å². The maximum absolute atomic E-state index is 11.2. The maximum atomic E-state index is 11.2. The molecule has 0 unspecified atom stereocenters. The number of rotatable bonds is 2. The molecule has 0 fully saturated rings. The van der Waals surface area contributed by atoms with E-state index in [-0.39, 0.29) is 5.78 Å². The van der Waals surface area contributed by atoms with Crippen molar-refractivity contribution in [2.24, 2.45) is 0 Å². The Kier molecular flexibility index (Phi) is 2.98. The zero-order valence-electron chi connectivity index (χ0n) is 7.43. The van der Waals surface area contributed by atoms with Crippen molar-refractivity contribution in [1.29, 1.82) is 0 Å². The van der Waals surface area contributed by atoms with E-state index in [2.05, 4.69) is 15.9 Å². The van der Waals surface area contributed by atoms with Crippen molar-refractivity contribution in [3.63, 3.8) is 0 Å². The smallest absolute Gasteiger partial charge is 0.161 e. The zero-order valence-corrected chi connectivity index (χ0v) is 9.01. The molecule has 0 saturated heterocycles. The van der Waals surface area contributed by atoms with Gasteiger partial charge in [-0.2, -0.15) is 0 Å². The van der Waals surface area contributed by atoms with Gasteiger partial charge in [-0.25, -0.2) is 0 Å². The van der Waals surface area contributed by atoms with Crippen LogP contribution in [0, 0.1) is 6.92 Å². The van der Waals surface area contributed by atoms with Crippen molar-refractivity contribution in [3.05, 3.63) is 33.3 Å². The van der Waals surface area contributed by atoms with Crippen molar-refractivity contribution in [3.8, 4) is 0 Å². The van der Waals surface area contributed by atoms with Crippen LogP contribution in [0.3, 0.4) is 0 Å². The number of carbonyl (C=O) groups is 2. The Bertz CT molecular complexity index is 346. The van der Waals surface area contributed by atoms with Gasteiger partial charge in [-0.05, 0) is 31.5 Å². The van der Waals surface area contributed by atoms with E-state index in [0.717, 1.165) is 11.8 Å². The summed E-state index contributed by atoms with van der Waals surface area (Å²) < 4.78 is 0.683. The van der Waals surface area contributed by atoms with Crippen LogP contribution >= 0.6 is 15.9 Å². The first-order valence-electron chi connectivity index (χ1n) is 3.82. The summed E-state index contributed by atoms with van der Waals surface area (Å²) in [6, 6.07) is 3.35. The predicted octanol–water partition coefficient (Wildman–Crippen LogP) is 2.77. The summed E-state index contributed by atoms with van der Waals surface area (Å²) >= 11 is 3.26. The largest absolute Gasteiger partial charge is 0.298 e. The van der Waals surface area contributed by atoms with Crippen LogP contribution in [-0.4, -0.2) is 12.1 Å². The van der Waals surface area contributed by atoms with E-state index in [1.165, 1.54) is 6.92 Å². The van der Waals surface area contributed by atoms with Gasteiger partial charge in [0, 0.05) is 15.6 Å². The van der Waals surface area contributed by atoms with Crippen LogP contribution in [-0.2, 0) is 0 Å². The standard InChI is InChI=1S/C10H9BrO2/c1-6-3-8(5-12)4-9(11)10(6)7(2)13/h3-5H,1-2H3. The molecule has 0 aliphatic heterocycles. The molecule has 3 heteroatoms. The van der Waals surface area contributed by atoms with Gasteiger partial charge in [-0.15, -0.1) is 0 Å². The minimum absolute atomic E-state index is 0.00169. The molecular weight excluding hydrogens is 232 g/mol. The van der Waals surface area contributed by atoms with E-state index in [9.17, 15) is 9.59 Å². The van der Waals surface area contributed by atoms with E-state index in [1.54, 1.807) is 12.1 Å². The summed E-state index contributed by atoms with van der Waals surface area (Å²) in [5.74, 6) is 0.00169. The second-order valence-electron chi connectivity index (χ2n) is 2.87. The van der Waals surface area contributed by atoms with Crippen molar-refractivity contribution < 1.29 is 9.59 Å². The van der Waals surface area contributed by atoms with Gasteiger partial charge in [0.2, 0.25) is 0 Å². The molecule has 0 aliphatic rings. The molecule has 0 N–H and O–H groups in total. The molecule has 1 rings (SSSR count). The molecule has 68 valence electrons. The summed E-state index contributed by atoms with van der Waals surface area (Å²) in [4.78, 5) is 21.7. The molecule has 0 spiro atoms. The monoisotopic (exact) mass is 240 g/mol. The molecule has 0 atom stereocenters. The third-order valence-electron chi connectivity index (χ3n) is 1.80. The first kappa shape index (κ1) is 10.1. The van der Waals surface area contributed by atoms with Gasteiger partial charge in [-0.3, -0.25) is 9.59 Å². The Hall–Kier alpha value is -0.960. The molecule has 0 radical (unpaired) electrons. The average molecular weight is 241 g/mol. The van der Waals surface area contributed by atoms with E-state index in [1.807, 2.05) is 6.92 Å². The van der Waals surface area contributed by atoms with Crippen molar-refractivity contribution in [2.45, 2.75) is 13.8 Å². The number of hydrogen-bond acceptors (Lipinski definition) is 2. The molecule has 0 saturated carbocycles. The van der Waals surface area contributed by atoms with Gasteiger partial charge in [0.1, 0.15) is 6.29 Å². The molecule has 0 aliphatic carbocycles. The van der Waals surface area contributed by atoms with Crippen LogP contribution in [0.1, 0.15) is 33.2 Å². The van der Waals surface area contributed by atoms with Crippen LogP contribution in [0.2, 0.25) is 0 Å². The normalized spacial score (nSPS) is 9.77. The Morgan fingerprint density at radius 1 is 1.46 bits per heavy atom. The molecular formula is C10H9BrO2. The number of carbonyl (C=O) groups excluding carboxylic acids is 2. The number of halogens is 1. The summed E-state index contributed by atoms with van der Waals surface area (Å²) in [6.07, 6.45) is 0.766. The van der Waals surface area contributed by atoms with Crippen LogP contribution in [0.4, 0.5) is 0 Å². The third kappa shape index (κ3) is 2.04. The summed E-state index contributed by atoms with van der Waals surface area (Å²) in [5, 5.41) is 0. The van der Waals surface area contributed by atoms with Gasteiger partial charge >= 0.3 is 0 Å². The summed E-state index contributed by atoms with van der Waals surface area (Å²) in [5.41, 5.74) is 2.05. The number of aryl methyl sites for hydroxylation is 1. The first-order chi connectivity index (χ1) is 6.06. The van der Waals surface area contributed by atoms with Crippen molar-refractivity contribution in [2.75, 3.05) is 0 Å². The Labute approximate surface area is 85.1 Å². The Balaban J connectivity index is 3.39. The predicted molar refractivity (Wildman–Crippen MR) is 54.3 cm³/mol. The number of aldehydes is 1. The van der Waals surface area contributed by atoms with E-state index in [4.69, 9.17) is 0 Å². The molecule has 2 nitrogen and oxygen atoms in total. The topological polar surface area (TPSA) is 34.1 Å². The lowest BCUT2D eigenvalue weighted by atomic mass is 10.0. The molecule has 0 heterocycles. The second kappa shape index (κ2) is 3.83. The van der Waals surface area contributed by atoms with Gasteiger partial charge in [0.05, 0.1) is 0 Å². The van der Waals surface area contributed by atoms with Crippen LogP contribution in [0.15, 0.2) is 16.6 Å². The van der Waals surface area contributed by atoms with Crippen LogP contribution in [0.5, 0.6) is 0 Å². The van der Waals surface area contributed by atoms with Gasteiger partial charge in [0.15, 0.2) is 5.78 Å². The highest BCUT2D eigenvalue weighted by molar-refractivity contribution is 9.10. The highest BCUT2D eigenvalue weighted by Gasteiger charge is 2.09. The fourth-order valence-electron chi connectivity index (χ4n) is 1.28. The number of ketones is 1. The number of benzene rings is 1. The second-order valence-corrected chi connectivity index (χ2v) is 3.72. The van der Waals surface area contributed by atoms with Gasteiger partial charge < -0.3 is 0 Å². The average Bonchev–Trinajstić information content (AvgIpc) is 2.02. The lowest BCUT2D eigenvalue weighted by Crippen LogP contribution is -1.99. The number of hydrogen-bond donors (Lipinski definition) is 0. The number of Topliss-reactive ketones (excluding diaryl/α,β-unsaturated/α-hetero) is 1. The highest BCUT2D eigenvalue weighted by Crippen LogP contribution is 2.22. The first-order valence-corrected chi connectivity index (χ1v) is 4.62. The Morgan fingerprint density at radius 2 is 2.08 bits per heavy atom. The van der Waals surface area contributed by atoms with Gasteiger partial charge in [-0.1, -0.05) is 15.9 Å². The summed E-state index contributed by atoms with van der Waals surface area (Å²) in [7, 11) is 0. The molecule has 13 heavy (non-hydrogen) atoms. The molecule has 1 aromatic carbocycles. The Morgan fingerprint density at radius 3 is 2.46 bits per heavy atom. The molecule has 0 bridgehead atoms. The van der Waals surface area contributed by atoms with E-state index >= 15 is 0 Å². The zero-order chi connectivity index (χ0) is 10.0. The minimum Gasteiger partial charge on any atom is -0.298 e. The van der Waals surface area contributed by atoms with Crippen LogP contribution in [0.25, 0.3) is 0 Å². The minimum atomic E-state index is 0.00169. The highest BCUT2D eigenvalue weighted by atomic mass is 79.9. The maximum Gasteiger partial charge on any atom is 0.161 e. The van der Waals surface area contributed by atoms with Crippen LogP contribution < -0.4 is 0 Å². The molecule has 0 aromatic heterocycles. The third-order valence-corrected chi connectivity index (χ3v) is 2.42. The molecule has 0 amide bonds. The SMILES string of the molecule is CC(=O)c1c(C)cc(C=O)cc1Br. The fourth-order valence-corrected chi connectivity index (χ4v) is 2.14. The lowest BCUT2D eigenvalue weighted by Gasteiger charge is -2.05. The van der Waals surface area contributed by atoms with Crippen molar-refractivity contribution >= 4 is 28.0 Å². The molecule has 1 aromatic rings.